The van der Waals surface area contributed by atoms with Gasteiger partial charge in [-0.2, -0.15) is 0 Å². The van der Waals surface area contributed by atoms with Crippen LogP contribution >= 0.6 is 11.6 Å². The van der Waals surface area contributed by atoms with E-state index in [0.717, 1.165) is 5.56 Å². The highest BCUT2D eigenvalue weighted by molar-refractivity contribution is 6.20. The SMILES string of the molecule is Cc1ccc(C(C)Cl)cc1[N+](=O)[O-]. The summed E-state index contributed by atoms with van der Waals surface area (Å²) in [5.41, 5.74) is 1.56. The van der Waals surface area contributed by atoms with E-state index in [1.807, 2.05) is 0 Å². The quantitative estimate of drug-likeness (QED) is 0.417. The number of halogens is 1. The zero-order valence-electron chi connectivity index (χ0n) is 7.45. The molecule has 0 aliphatic rings. The van der Waals surface area contributed by atoms with Crippen molar-refractivity contribution in [1.82, 2.24) is 0 Å². The Labute approximate surface area is 81.5 Å². The predicted molar refractivity (Wildman–Crippen MR) is 52.1 cm³/mol. The minimum Gasteiger partial charge on any atom is -0.258 e. The van der Waals surface area contributed by atoms with Gasteiger partial charge < -0.3 is 0 Å². The highest BCUT2D eigenvalue weighted by Crippen LogP contribution is 2.25. The smallest absolute Gasteiger partial charge is 0.258 e. The van der Waals surface area contributed by atoms with E-state index in [9.17, 15) is 10.1 Å². The molecule has 1 atom stereocenters. The number of hydrogen-bond donors (Lipinski definition) is 0. The van der Waals surface area contributed by atoms with Gasteiger partial charge in [0, 0.05) is 11.6 Å². The number of nitrogens with zero attached hydrogens (tertiary/aromatic N) is 1. The van der Waals surface area contributed by atoms with Gasteiger partial charge in [-0.15, -0.1) is 11.6 Å². The van der Waals surface area contributed by atoms with Crippen LogP contribution in [0.25, 0.3) is 0 Å². The molecule has 0 radical (unpaired) electrons. The monoisotopic (exact) mass is 199 g/mol. The van der Waals surface area contributed by atoms with E-state index in [2.05, 4.69) is 0 Å². The minimum atomic E-state index is -0.391. The van der Waals surface area contributed by atoms with Crippen molar-refractivity contribution in [3.8, 4) is 0 Å². The maximum absolute atomic E-state index is 10.6. The van der Waals surface area contributed by atoms with Gasteiger partial charge in [-0.05, 0) is 19.4 Å². The molecule has 0 aliphatic carbocycles. The van der Waals surface area contributed by atoms with Crippen molar-refractivity contribution < 1.29 is 4.92 Å². The fraction of sp³-hybridized carbons (Fsp3) is 0.333. The van der Waals surface area contributed by atoms with Gasteiger partial charge in [0.1, 0.15) is 0 Å². The zero-order valence-corrected chi connectivity index (χ0v) is 8.21. The van der Waals surface area contributed by atoms with Crippen LogP contribution in [-0.4, -0.2) is 4.92 Å². The van der Waals surface area contributed by atoms with E-state index in [1.165, 1.54) is 6.07 Å². The molecule has 0 aliphatic heterocycles. The maximum atomic E-state index is 10.6. The molecule has 0 amide bonds. The van der Waals surface area contributed by atoms with E-state index < -0.39 is 4.92 Å². The predicted octanol–water partition coefficient (Wildman–Crippen LogP) is 3.20. The molecule has 3 nitrogen and oxygen atoms in total. The Bertz CT molecular complexity index is 336. The molecular formula is C9H10ClNO2. The number of nitro benzene ring substituents is 1. The summed E-state index contributed by atoms with van der Waals surface area (Å²) >= 11 is 5.81. The largest absolute Gasteiger partial charge is 0.272 e. The van der Waals surface area contributed by atoms with Gasteiger partial charge in [0.15, 0.2) is 0 Å². The summed E-state index contributed by atoms with van der Waals surface area (Å²) in [7, 11) is 0. The van der Waals surface area contributed by atoms with Crippen molar-refractivity contribution in [1.29, 1.82) is 0 Å². The highest BCUT2D eigenvalue weighted by Gasteiger charge is 2.12. The Morgan fingerprint density at radius 2 is 2.15 bits per heavy atom. The summed E-state index contributed by atoms with van der Waals surface area (Å²) in [5.74, 6) is 0. The summed E-state index contributed by atoms with van der Waals surface area (Å²) in [6.45, 7) is 3.50. The van der Waals surface area contributed by atoms with E-state index in [4.69, 9.17) is 11.6 Å². The number of nitro groups is 1. The van der Waals surface area contributed by atoms with Crippen LogP contribution in [0.15, 0.2) is 18.2 Å². The molecule has 0 saturated carbocycles. The molecule has 0 heterocycles. The second-order valence-corrected chi connectivity index (χ2v) is 3.57. The molecule has 13 heavy (non-hydrogen) atoms. The van der Waals surface area contributed by atoms with Crippen molar-refractivity contribution in [2.45, 2.75) is 19.2 Å². The summed E-state index contributed by atoms with van der Waals surface area (Å²) in [6, 6.07) is 5.04. The lowest BCUT2D eigenvalue weighted by Crippen LogP contribution is -1.94. The molecular weight excluding hydrogens is 190 g/mol. The average Bonchev–Trinajstić information content (AvgIpc) is 2.04. The van der Waals surface area contributed by atoms with Gasteiger partial charge in [-0.3, -0.25) is 10.1 Å². The topological polar surface area (TPSA) is 43.1 Å². The van der Waals surface area contributed by atoms with Crippen LogP contribution in [-0.2, 0) is 0 Å². The molecule has 1 rings (SSSR count). The lowest BCUT2D eigenvalue weighted by atomic mass is 10.1. The third kappa shape index (κ3) is 2.18. The molecule has 0 aromatic heterocycles. The van der Waals surface area contributed by atoms with Gasteiger partial charge in [0.05, 0.1) is 10.3 Å². The van der Waals surface area contributed by atoms with Gasteiger partial charge in [-0.1, -0.05) is 12.1 Å². The van der Waals surface area contributed by atoms with Crippen molar-refractivity contribution in [2.75, 3.05) is 0 Å². The Morgan fingerprint density at radius 3 is 2.62 bits per heavy atom. The highest BCUT2D eigenvalue weighted by atomic mass is 35.5. The van der Waals surface area contributed by atoms with Crippen LogP contribution < -0.4 is 0 Å². The van der Waals surface area contributed by atoms with Gasteiger partial charge in [0.2, 0.25) is 0 Å². The van der Waals surface area contributed by atoms with E-state index in [0.29, 0.717) is 5.56 Å². The summed E-state index contributed by atoms with van der Waals surface area (Å²) in [4.78, 5) is 10.2. The standard InChI is InChI=1S/C9H10ClNO2/c1-6-3-4-8(7(2)10)5-9(6)11(12)13/h3-5,7H,1-2H3. The first-order valence-electron chi connectivity index (χ1n) is 3.91. The molecule has 0 bridgehead atoms. The van der Waals surface area contributed by atoms with E-state index in [-0.39, 0.29) is 11.1 Å². The van der Waals surface area contributed by atoms with Crippen LogP contribution in [0.5, 0.6) is 0 Å². The van der Waals surface area contributed by atoms with E-state index in [1.54, 1.807) is 26.0 Å². The number of aryl methyl sites for hydroxylation is 1. The van der Waals surface area contributed by atoms with Crippen molar-refractivity contribution in [3.63, 3.8) is 0 Å². The van der Waals surface area contributed by atoms with E-state index >= 15 is 0 Å². The van der Waals surface area contributed by atoms with Gasteiger partial charge in [0.25, 0.3) is 5.69 Å². The molecule has 0 N–H and O–H groups in total. The molecule has 0 fully saturated rings. The fourth-order valence-corrected chi connectivity index (χ4v) is 1.21. The Kier molecular flexibility index (Phi) is 2.88. The summed E-state index contributed by atoms with van der Waals surface area (Å²) in [5, 5.41) is 10.4. The zero-order chi connectivity index (χ0) is 10.0. The minimum absolute atomic E-state index is 0.130. The Hall–Kier alpha value is -1.09. The Morgan fingerprint density at radius 1 is 1.54 bits per heavy atom. The summed E-state index contributed by atoms with van der Waals surface area (Å²) in [6.07, 6.45) is 0. The number of benzene rings is 1. The third-order valence-corrected chi connectivity index (χ3v) is 2.14. The lowest BCUT2D eigenvalue weighted by molar-refractivity contribution is -0.385. The first-order chi connectivity index (χ1) is 6.02. The van der Waals surface area contributed by atoms with Gasteiger partial charge in [-0.25, -0.2) is 0 Å². The molecule has 4 heteroatoms. The average molecular weight is 200 g/mol. The molecule has 1 aromatic rings. The molecule has 0 spiro atoms. The fourth-order valence-electron chi connectivity index (χ4n) is 1.07. The van der Waals surface area contributed by atoms with Crippen LogP contribution in [0.3, 0.4) is 0 Å². The number of alkyl halides is 1. The molecule has 1 aromatic carbocycles. The molecule has 1 unspecified atom stereocenters. The second kappa shape index (κ2) is 3.75. The normalized spacial score (nSPS) is 12.5. The Balaban J connectivity index is 3.19. The first-order valence-corrected chi connectivity index (χ1v) is 4.35. The maximum Gasteiger partial charge on any atom is 0.272 e. The number of hydrogen-bond acceptors (Lipinski definition) is 2. The van der Waals surface area contributed by atoms with Crippen LogP contribution in [0.1, 0.15) is 23.4 Å². The van der Waals surface area contributed by atoms with Crippen molar-refractivity contribution >= 4 is 17.3 Å². The lowest BCUT2D eigenvalue weighted by Gasteiger charge is -2.03. The van der Waals surface area contributed by atoms with Crippen molar-refractivity contribution in [3.05, 3.63) is 39.4 Å². The van der Waals surface area contributed by atoms with Crippen molar-refractivity contribution in [2.24, 2.45) is 0 Å². The number of rotatable bonds is 2. The third-order valence-electron chi connectivity index (χ3n) is 1.89. The molecule has 70 valence electrons. The molecule has 0 saturated heterocycles. The van der Waals surface area contributed by atoms with Crippen LogP contribution in [0, 0.1) is 17.0 Å². The van der Waals surface area contributed by atoms with Crippen LogP contribution in [0.2, 0.25) is 0 Å². The van der Waals surface area contributed by atoms with Crippen LogP contribution in [0.4, 0.5) is 5.69 Å². The first kappa shape index (κ1) is 9.99. The van der Waals surface area contributed by atoms with Gasteiger partial charge >= 0.3 is 0 Å². The summed E-state index contributed by atoms with van der Waals surface area (Å²) < 4.78 is 0. The second-order valence-electron chi connectivity index (χ2n) is 2.92.